The quantitative estimate of drug-likeness (QED) is 0.892. The van der Waals surface area contributed by atoms with Gasteiger partial charge < -0.3 is 15.0 Å². The van der Waals surface area contributed by atoms with Crippen molar-refractivity contribution in [1.82, 2.24) is 15.1 Å². The maximum atomic E-state index is 12.5. The summed E-state index contributed by atoms with van der Waals surface area (Å²) in [6.45, 7) is 4.32. The van der Waals surface area contributed by atoms with Crippen LogP contribution in [0.4, 0.5) is 4.79 Å². The second kappa shape index (κ2) is 9.20. The number of hydrogen-bond donors (Lipinski definition) is 1. The Balaban J connectivity index is 1.54. The average molecular weight is 345 g/mol. The summed E-state index contributed by atoms with van der Waals surface area (Å²) in [4.78, 5) is 16.9. The molecule has 0 unspecified atom stereocenters. The zero-order valence-corrected chi connectivity index (χ0v) is 15.3. The van der Waals surface area contributed by atoms with E-state index < -0.39 is 0 Å². The highest BCUT2D eigenvalue weighted by Gasteiger charge is 2.32. The first kappa shape index (κ1) is 18.2. The van der Waals surface area contributed by atoms with Gasteiger partial charge in [0.2, 0.25) is 0 Å². The van der Waals surface area contributed by atoms with Crippen LogP contribution >= 0.6 is 0 Å². The van der Waals surface area contributed by atoms with Crippen LogP contribution in [0.2, 0.25) is 0 Å². The van der Waals surface area contributed by atoms with Gasteiger partial charge in [0.1, 0.15) is 0 Å². The van der Waals surface area contributed by atoms with Gasteiger partial charge in [-0.15, -0.1) is 0 Å². The molecule has 2 fully saturated rings. The van der Waals surface area contributed by atoms with Crippen molar-refractivity contribution >= 4 is 6.03 Å². The van der Waals surface area contributed by atoms with Crippen LogP contribution in [-0.4, -0.2) is 61.3 Å². The van der Waals surface area contributed by atoms with Gasteiger partial charge in [0.15, 0.2) is 0 Å². The molecule has 0 aliphatic carbocycles. The number of carbonyl (C=O) groups is 1. The monoisotopic (exact) mass is 345 g/mol. The third-order valence-corrected chi connectivity index (χ3v) is 5.43. The summed E-state index contributed by atoms with van der Waals surface area (Å²) in [5.74, 6) is 0. The summed E-state index contributed by atoms with van der Waals surface area (Å²) >= 11 is 0. The number of nitrogens with zero attached hydrogens (tertiary/aromatic N) is 2. The summed E-state index contributed by atoms with van der Waals surface area (Å²) in [5, 5.41) is 3.17. The Bertz CT molecular complexity index is 529. The van der Waals surface area contributed by atoms with Crippen LogP contribution in [0.25, 0.3) is 0 Å². The van der Waals surface area contributed by atoms with Crippen molar-refractivity contribution in [2.24, 2.45) is 0 Å². The fraction of sp³-hybridized carbons (Fsp3) is 0.650. The van der Waals surface area contributed by atoms with E-state index >= 15 is 0 Å². The van der Waals surface area contributed by atoms with E-state index in [-0.39, 0.29) is 12.1 Å². The van der Waals surface area contributed by atoms with Crippen LogP contribution in [0.5, 0.6) is 0 Å². The lowest BCUT2D eigenvalue weighted by Crippen LogP contribution is -2.46. The van der Waals surface area contributed by atoms with E-state index in [4.69, 9.17) is 4.74 Å². The Labute approximate surface area is 151 Å². The van der Waals surface area contributed by atoms with Crippen LogP contribution < -0.4 is 5.32 Å². The molecule has 0 spiro atoms. The minimum absolute atomic E-state index is 0.0995. The predicted octanol–water partition coefficient (Wildman–Crippen LogP) is 2.86. The van der Waals surface area contributed by atoms with Crippen molar-refractivity contribution in [2.75, 3.05) is 33.3 Å². The third kappa shape index (κ3) is 5.19. The lowest BCUT2D eigenvalue weighted by atomic mass is 10.1. The normalized spacial score (nSPS) is 24.9. The fourth-order valence-corrected chi connectivity index (χ4v) is 3.92. The Hall–Kier alpha value is -1.59. The highest BCUT2D eigenvalue weighted by atomic mass is 16.5. The van der Waals surface area contributed by atoms with Crippen molar-refractivity contribution in [3.05, 3.63) is 35.9 Å². The molecule has 2 aliphatic rings. The molecule has 0 radical (unpaired) electrons. The van der Waals surface area contributed by atoms with Crippen molar-refractivity contribution in [1.29, 1.82) is 0 Å². The second-order valence-electron chi connectivity index (χ2n) is 7.25. The topological polar surface area (TPSA) is 44.8 Å². The first-order chi connectivity index (χ1) is 12.3. The molecule has 2 heterocycles. The first-order valence-electron chi connectivity index (χ1n) is 9.60. The number of urea groups is 1. The van der Waals surface area contributed by atoms with E-state index in [0.717, 1.165) is 45.4 Å². The van der Waals surface area contributed by atoms with Gasteiger partial charge in [-0.2, -0.15) is 0 Å². The Morgan fingerprint density at radius 1 is 1.16 bits per heavy atom. The maximum Gasteiger partial charge on any atom is 0.317 e. The zero-order chi connectivity index (χ0) is 17.5. The van der Waals surface area contributed by atoms with Gasteiger partial charge in [0, 0.05) is 45.9 Å². The predicted molar refractivity (Wildman–Crippen MR) is 99.5 cm³/mol. The molecule has 25 heavy (non-hydrogen) atoms. The minimum Gasteiger partial charge on any atom is -0.380 e. The van der Waals surface area contributed by atoms with E-state index in [0.29, 0.717) is 12.6 Å². The van der Waals surface area contributed by atoms with Crippen molar-refractivity contribution < 1.29 is 9.53 Å². The number of nitrogens with one attached hydrogen (secondary N) is 1. The number of amides is 2. The van der Waals surface area contributed by atoms with E-state index in [9.17, 15) is 4.79 Å². The molecule has 0 bridgehead atoms. The van der Waals surface area contributed by atoms with Crippen molar-refractivity contribution in [2.45, 2.75) is 50.8 Å². The maximum absolute atomic E-state index is 12.5. The standard InChI is InChI=1S/C20H31N3O2/c1-25-19-13-18(23(16-19)15-17-9-5-4-6-10-17)14-21-20(24)22-11-7-2-3-8-12-22/h4-6,9-10,18-19H,2-3,7-8,11-16H2,1H3,(H,21,24)/t18-,19+/m0/s1. The van der Waals surface area contributed by atoms with E-state index in [1.54, 1.807) is 7.11 Å². The second-order valence-corrected chi connectivity index (χ2v) is 7.25. The molecule has 3 rings (SSSR count). The number of carbonyl (C=O) groups excluding carboxylic acids is 1. The van der Waals surface area contributed by atoms with E-state index in [1.807, 2.05) is 11.0 Å². The fourth-order valence-electron chi connectivity index (χ4n) is 3.92. The molecule has 1 aromatic rings. The molecule has 2 atom stereocenters. The molecule has 5 heteroatoms. The molecule has 138 valence electrons. The van der Waals surface area contributed by atoms with Gasteiger partial charge in [-0.1, -0.05) is 43.2 Å². The summed E-state index contributed by atoms with van der Waals surface area (Å²) in [7, 11) is 1.78. The van der Waals surface area contributed by atoms with Crippen molar-refractivity contribution in [3.8, 4) is 0 Å². The number of rotatable bonds is 5. The Morgan fingerprint density at radius 2 is 1.88 bits per heavy atom. The van der Waals surface area contributed by atoms with Gasteiger partial charge in [0.25, 0.3) is 0 Å². The van der Waals surface area contributed by atoms with E-state index in [2.05, 4.69) is 34.5 Å². The van der Waals surface area contributed by atoms with Crippen molar-refractivity contribution in [3.63, 3.8) is 0 Å². The summed E-state index contributed by atoms with van der Waals surface area (Å²) in [6.07, 6.45) is 5.97. The highest BCUT2D eigenvalue weighted by molar-refractivity contribution is 5.74. The lowest BCUT2D eigenvalue weighted by Gasteiger charge is -2.26. The van der Waals surface area contributed by atoms with Crippen LogP contribution in [0.3, 0.4) is 0 Å². The van der Waals surface area contributed by atoms with Crippen LogP contribution in [0, 0.1) is 0 Å². The highest BCUT2D eigenvalue weighted by Crippen LogP contribution is 2.22. The smallest absolute Gasteiger partial charge is 0.317 e. The molecule has 1 aromatic carbocycles. The molecule has 5 nitrogen and oxygen atoms in total. The van der Waals surface area contributed by atoms with Gasteiger partial charge in [-0.25, -0.2) is 4.79 Å². The molecular weight excluding hydrogens is 314 g/mol. The molecule has 2 amide bonds. The average Bonchev–Trinajstić information content (AvgIpc) is 2.84. The Morgan fingerprint density at radius 3 is 2.56 bits per heavy atom. The van der Waals surface area contributed by atoms with Crippen LogP contribution in [0.15, 0.2) is 30.3 Å². The number of ether oxygens (including phenoxy) is 1. The van der Waals surface area contributed by atoms with Crippen LogP contribution in [0.1, 0.15) is 37.7 Å². The lowest BCUT2D eigenvalue weighted by molar-refractivity contribution is 0.107. The summed E-state index contributed by atoms with van der Waals surface area (Å²) in [6, 6.07) is 11.0. The summed E-state index contributed by atoms with van der Waals surface area (Å²) in [5.41, 5.74) is 1.31. The van der Waals surface area contributed by atoms with Gasteiger partial charge >= 0.3 is 6.03 Å². The number of methoxy groups -OCH3 is 1. The van der Waals surface area contributed by atoms with Gasteiger partial charge in [-0.3, -0.25) is 4.90 Å². The first-order valence-corrected chi connectivity index (χ1v) is 9.60. The molecular formula is C20H31N3O2. The van der Waals surface area contributed by atoms with E-state index in [1.165, 1.54) is 18.4 Å². The largest absolute Gasteiger partial charge is 0.380 e. The molecule has 2 saturated heterocycles. The van der Waals surface area contributed by atoms with Gasteiger partial charge in [0.05, 0.1) is 6.10 Å². The number of likely N-dealkylation sites (tertiary alicyclic amines) is 2. The zero-order valence-electron chi connectivity index (χ0n) is 15.3. The number of benzene rings is 1. The Kier molecular flexibility index (Phi) is 6.70. The molecule has 1 N–H and O–H groups in total. The SMILES string of the molecule is CO[C@@H]1C[C@@H](CNC(=O)N2CCCCCC2)N(Cc2ccccc2)C1. The minimum atomic E-state index is 0.0995. The third-order valence-electron chi connectivity index (χ3n) is 5.43. The molecule has 0 saturated carbocycles. The molecule has 2 aliphatic heterocycles. The van der Waals surface area contributed by atoms with Gasteiger partial charge in [-0.05, 0) is 24.8 Å². The molecule has 0 aromatic heterocycles. The number of hydrogen-bond acceptors (Lipinski definition) is 3. The van der Waals surface area contributed by atoms with Crippen LogP contribution in [-0.2, 0) is 11.3 Å². The summed E-state index contributed by atoms with van der Waals surface area (Å²) < 4.78 is 5.58.